The van der Waals surface area contributed by atoms with Crippen molar-refractivity contribution in [2.75, 3.05) is 6.61 Å². The van der Waals surface area contributed by atoms with Crippen LogP contribution in [0.5, 0.6) is 5.75 Å². The second-order valence-electron chi connectivity index (χ2n) is 6.44. The molecule has 3 nitrogen and oxygen atoms in total. The summed E-state index contributed by atoms with van der Waals surface area (Å²) < 4.78 is 7.69. The molecule has 0 bridgehead atoms. The summed E-state index contributed by atoms with van der Waals surface area (Å²) in [6, 6.07) is 8.13. The van der Waals surface area contributed by atoms with Crippen molar-refractivity contribution in [3.63, 3.8) is 0 Å². The second kappa shape index (κ2) is 7.49. The minimum absolute atomic E-state index is 0.436. The first kappa shape index (κ1) is 17.3. The van der Waals surface area contributed by atoms with E-state index in [9.17, 15) is 0 Å². The lowest BCUT2D eigenvalue weighted by atomic mass is 10.0. The first-order valence-electron chi connectivity index (χ1n) is 8.41. The highest BCUT2D eigenvalue weighted by Gasteiger charge is 2.18. The van der Waals surface area contributed by atoms with E-state index >= 15 is 0 Å². The van der Waals surface area contributed by atoms with E-state index in [0.717, 1.165) is 17.1 Å². The van der Waals surface area contributed by atoms with Crippen LogP contribution in [-0.4, -0.2) is 16.2 Å². The Morgan fingerprint density at radius 2 is 1.70 bits per heavy atom. The van der Waals surface area contributed by atoms with E-state index in [0.29, 0.717) is 18.4 Å². The third kappa shape index (κ3) is 4.04. The van der Waals surface area contributed by atoms with Crippen molar-refractivity contribution in [3.05, 3.63) is 47.0 Å². The van der Waals surface area contributed by atoms with E-state index in [2.05, 4.69) is 63.6 Å². The number of aromatic nitrogens is 2. The quantitative estimate of drug-likeness (QED) is 0.729. The van der Waals surface area contributed by atoms with E-state index < -0.39 is 0 Å². The van der Waals surface area contributed by atoms with Gasteiger partial charge >= 0.3 is 0 Å². The summed E-state index contributed by atoms with van der Waals surface area (Å²) in [5, 5.41) is 0. The van der Waals surface area contributed by atoms with Gasteiger partial charge in [0.05, 0.1) is 12.3 Å². The third-order valence-electron chi connectivity index (χ3n) is 3.91. The van der Waals surface area contributed by atoms with Crippen LogP contribution >= 0.6 is 0 Å². The monoisotopic (exact) mass is 312 g/mol. The van der Waals surface area contributed by atoms with Crippen molar-refractivity contribution in [2.24, 2.45) is 7.05 Å². The highest BCUT2D eigenvalue weighted by atomic mass is 16.5. The molecule has 124 valence electrons. The molecule has 1 aromatic heterocycles. The molecule has 0 N–H and O–H groups in total. The number of hydrogen-bond acceptors (Lipinski definition) is 2. The Hall–Kier alpha value is -2.03. The van der Waals surface area contributed by atoms with Crippen LogP contribution in [-0.2, 0) is 7.05 Å². The Morgan fingerprint density at radius 3 is 2.17 bits per heavy atom. The molecule has 1 aromatic carbocycles. The predicted molar refractivity (Wildman–Crippen MR) is 97.9 cm³/mol. The van der Waals surface area contributed by atoms with E-state index in [4.69, 9.17) is 9.72 Å². The maximum absolute atomic E-state index is 5.47. The molecule has 0 saturated carbocycles. The molecule has 2 aromatic rings. The topological polar surface area (TPSA) is 27.1 Å². The molecular formula is C20H28N2O. The van der Waals surface area contributed by atoms with Crippen molar-refractivity contribution >= 4 is 12.2 Å². The average molecular weight is 312 g/mol. The van der Waals surface area contributed by atoms with Gasteiger partial charge in [0.15, 0.2) is 0 Å². The number of imidazole rings is 1. The molecule has 3 heteroatoms. The molecule has 23 heavy (non-hydrogen) atoms. The Kier molecular flexibility index (Phi) is 5.64. The second-order valence-corrected chi connectivity index (χ2v) is 6.44. The lowest BCUT2D eigenvalue weighted by Gasteiger charge is -2.11. The molecule has 0 amide bonds. The largest absolute Gasteiger partial charge is 0.494 e. The highest BCUT2D eigenvalue weighted by Crippen LogP contribution is 2.27. The van der Waals surface area contributed by atoms with Gasteiger partial charge in [-0.05, 0) is 42.5 Å². The normalized spacial score (nSPS) is 11.8. The Balaban J connectivity index is 2.27. The number of ether oxygens (including phenoxy) is 1. The smallest absolute Gasteiger partial charge is 0.132 e. The fourth-order valence-corrected chi connectivity index (χ4v) is 2.82. The van der Waals surface area contributed by atoms with Crippen LogP contribution in [0, 0.1) is 0 Å². The van der Waals surface area contributed by atoms with Crippen molar-refractivity contribution in [1.82, 2.24) is 9.55 Å². The molecule has 0 radical (unpaired) electrons. The molecular weight excluding hydrogens is 284 g/mol. The molecule has 0 spiro atoms. The van der Waals surface area contributed by atoms with Gasteiger partial charge in [0.25, 0.3) is 0 Å². The zero-order valence-electron chi connectivity index (χ0n) is 15.1. The van der Waals surface area contributed by atoms with Gasteiger partial charge in [0.2, 0.25) is 0 Å². The van der Waals surface area contributed by atoms with Crippen molar-refractivity contribution < 1.29 is 4.74 Å². The van der Waals surface area contributed by atoms with Gasteiger partial charge in [0, 0.05) is 12.7 Å². The van der Waals surface area contributed by atoms with Gasteiger partial charge in [-0.25, -0.2) is 4.98 Å². The van der Waals surface area contributed by atoms with Crippen LogP contribution in [0.1, 0.15) is 69.2 Å². The summed E-state index contributed by atoms with van der Waals surface area (Å²) in [7, 11) is 2.10. The van der Waals surface area contributed by atoms with Crippen LogP contribution in [0.2, 0.25) is 0 Å². The van der Waals surface area contributed by atoms with Gasteiger partial charge < -0.3 is 9.30 Å². The molecule has 0 saturated heterocycles. The van der Waals surface area contributed by atoms with Crippen molar-refractivity contribution in [1.29, 1.82) is 0 Å². The molecule has 0 atom stereocenters. The predicted octanol–water partition coefficient (Wildman–Crippen LogP) is 5.24. The molecule has 2 rings (SSSR count). The van der Waals surface area contributed by atoms with Crippen LogP contribution < -0.4 is 4.74 Å². The van der Waals surface area contributed by atoms with Crippen LogP contribution in [0.4, 0.5) is 0 Å². The minimum atomic E-state index is 0.436. The fraction of sp³-hybridized carbons (Fsp3) is 0.450. The maximum Gasteiger partial charge on any atom is 0.132 e. The van der Waals surface area contributed by atoms with Crippen LogP contribution in [0.3, 0.4) is 0 Å². The minimum Gasteiger partial charge on any atom is -0.494 e. The Labute approximate surface area is 140 Å². The zero-order valence-corrected chi connectivity index (χ0v) is 15.1. The number of rotatable bonds is 6. The third-order valence-corrected chi connectivity index (χ3v) is 3.91. The first-order valence-corrected chi connectivity index (χ1v) is 8.41. The van der Waals surface area contributed by atoms with Crippen LogP contribution in [0.15, 0.2) is 24.3 Å². The highest BCUT2D eigenvalue weighted by molar-refractivity contribution is 5.67. The lowest BCUT2D eigenvalue weighted by Crippen LogP contribution is -2.03. The number of benzene rings is 1. The van der Waals surface area contributed by atoms with Gasteiger partial charge in [-0.2, -0.15) is 0 Å². The summed E-state index contributed by atoms with van der Waals surface area (Å²) in [6.45, 7) is 11.5. The summed E-state index contributed by atoms with van der Waals surface area (Å²) >= 11 is 0. The molecule has 1 heterocycles. The zero-order chi connectivity index (χ0) is 17.0. The molecule has 0 aliphatic carbocycles. The summed E-state index contributed by atoms with van der Waals surface area (Å²) in [4.78, 5) is 4.84. The Morgan fingerprint density at radius 1 is 1.04 bits per heavy atom. The molecule has 0 unspecified atom stereocenters. The fourth-order valence-electron chi connectivity index (χ4n) is 2.82. The average Bonchev–Trinajstić information content (AvgIpc) is 2.84. The Bertz CT molecular complexity index is 664. The lowest BCUT2D eigenvalue weighted by molar-refractivity contribution is 0.340. The summed E-state index contributed by atoms with van der Waals surface area (Å²) in [5.41, 5.74) is 3.67. The molecule has 0 aliphatic heterocycles. The van der Waals surface area contributed by atoms with E-state index in [1.54, 1.807) is 0 Å². The van der Waals surface area contributed by atoms with Gasteiger partial charge in [-0.3, -0.25) is 0 Å². The molecule has 0 aliphatic rings. The van der Waals surface area contributed by atoms with E-state index in [-0.39, 0.29) is 0 Å². The SMILES string of the molecule is CCOc1ccc(C=Cc2nc(C(C)C)c(C(C)C)n2C)cc1. The van der Waals surface area contributed by atoms with Crippen molar-refractivity contribution in [2.45, 2.75) is 46.5 Å². The van der Waals surface area contributed by atoms with E-state index in [1.807, 2.05) is 19.1 Å². The first-order chi connectivity index (χ1) is 10.9. The number of nitrogens with zero attached hydrogens (tertiary/aromatic N) is 2. The van der Waals surface area contributed by atoms with Gasteiger partial charge in [-0.1, -0.05) is 45.9 Å². The van der Waals surface area contributed by atoms with Crippen LogP contribution in [0.25, 0.3) is 12.2 Å². The maximum atomic E-state index is 5.47. The molecule has 0 fully saturated rings. The summed E-state index contributed by atoms with van der Waals surface area (Å²) in [6.07, 6.45) is 4.19. The van der Waals surface area contributed by atoms with E-state index in [1.165, 1.54) is 11.4 Å². The standard InChI is InChI=1S/C20H28N2O/c1-7-23-17-11-8-16(9-12-17)10-13-18-21-19(14(2)3)20(15(4)5)22(18)6/h8-15H,7H2,1-6H3. The van der Waals surface area contributed by atoms with Gasteiger partial charge in [-0.15, -0.1) is 0 Å². The van der Waals surface area contributed by atoms with Crippen molar-refractivity contribution in [3.8, 4) is 5.75 Å². The number of hydrogen-bond donors (Lipinski definition) is 0. The van der Waals surface area contributed by atoms with Gasteiger partial charge in [0.1, 0.15) is 11.6 Å². The summed E-state index contributed by atoms with van der Waals surface area (Å²) in [5.74, 6) is 2.82.